The van der Waals surface area contributed by atoms with Gasteiger partial charge in [0.1, 0.15) is 12.4 Å². The fourth-order valence-corrected chi connectivity index (χ4v) is 3.72. The van der Waals surface area contributed by atoms with E-state index in [9.17, 15) is 4.79 Å². The Balaban J connectivity index is 1.91. The number of fused-ring (bicyclic) bond motifs is 1. The van der Waals surface area contributed by atoms with E-state index >= 15 is 0 Å². The Bertz CT molecular complexity index is 1000. The van der Waals surface area contributed by atoms with Gasteiger partial charge in [0.05, 0.1) is 7.11 Å². The molecule has 0 fully saturated rings. The molecule has 0 bridgehead atoms. The number of carbonyl (C=O) groups is 1. The molecule has 2 aromatic carbocycles. The molecule has 0 atom stereocenters. The van der Waals surface area contributed by atoms with Gasteiger partial charge in [-0.25, -0.2) is 0 Å². The molecule has 144 valence electrons. The molecule has 2 heterocycles. The van der Waals surface area contributed by atoms with Gasteiger partial charge in [-0.05, 0) is 46.9 Å². The Labute approximate surface area is 165 Å². The van der Waals surface area contributed by atoms with Crippen molar-refractivity contribution in [3.05, 3.63) is 59.3 Å². The predicted octanol–water partition coefficient (Wildman–Crippen LogP) is 4.27. The van der Waals surface area contributed by atoms with Gasteiger partial charge in [-0.2, -0.15) is 0 Å². The molecule has 2 aliphatic rings. The van der Waals surface area contributed by atoms with Crippen molar-refractivity contribution in [2.45, 2.75) is 32.7 Å². The molecular formula is C23H25N3O2. The van der Waals surface area contributed by atoms with E-state index in [4.69, 9.17) is 4.74 Å². The van der Waals surface area contributed by atoms with Gasteiger partial charge < -0.3 is 15.0 Å². The van der Waals surface area contributed by atoms with Crippen LogP contribution >= 0.6 is 0 Å². The van der Waals surface area contributed by atoms with E-state index in [1.54, 1.807) is 7.11 Å². The quantitative estimate of drug-likeness (QED) is 0.872. The van der Waals surface area contributed by atoms with E-state index in [2.05, 4.69) is 54.2 Å². The van der Waals surface area contributed by atoms with Crippen LogP contribution in [0.1, 0.15) is 42.3 Å². The Morgan fingerprint density at radius 2 is 1.96 bits per heavy atom. The number of nitrogens with zero attached hydrogens (tertiary/aromatic N) is 2. The largest absolute Gasteiger partial charge is 0.496 e. The number of nitrogens with one attached hydrogen (secondary N) is 1. The maximum absolute atomic E-state index is 11.9. The second kappa shape index (κ2) is 6.82. The number of aliphatic imine (C=N–C) groups is 1. The molecule has 0 saturated carbocycles. The van der Waals surface area contributed by atoms with Gasteiger partial charge >= 0.3 is 0 Å². The minimum absolute atomic E-state index is 0.00559. The van der Waals surface area contributed by atoms with Gasteiger partial charge in [0, 0.05) is 41.3 Å². The first-order valence-corrected chi connectivity index (χ1v) is 9.46. The van der Waals surface area contributed by atoms with Crippen LogP contribution in [0.15, 0.2) is 47.6 Å². The summed E-state index contributed by atoms with van der Waals surface area (Å²) in [5.41, 5.74) is 5.97. The molecule has 0 aliphatic carbocycles. The molecule has 1 amide bonds. The molecule has 0 radical (unpaired) electrons. The standard InChI is InChI=1S/C23H25N3O2/c1-23(2,3)20-12-17(26-9-5-8-24-14-26)11-19(21(20)28-4)15-6-7-18-16(10-15)13-25-22(18)27/h5-12H,13-14H2,1-4H3,(H,25,27). The average Bonchev–Trinajstić information content (AvgIpc) is 3.07. The van der Waals surface area contributed by atoms with Crippen LogP contribution in [-0.4, -0.2) is 25.9 Å². The van der Waals surface area contributed by atoms with Crippen molar-refractivity contribution < 1.29 is 9.53 Å². The van der Waals surface area contributed by atoms with E-state index < -0.39 is 0 Å². The summed E-state index contributed by atoms with van der Waals surface area (Å²) in [6, 6.07) is 10.3. The SMILES string of the molecule is COc1c(-c2ccc3c(c2)CNC3=O)cc(N2C=CC=NC2)cc1C(C)(C)C. The summed E-state index contributed by atoms with van der Waals surface area (Å²) in [4.78, 5) is 18.4. The summed E-state index contributed by atoms with van der Waals surface area (Å²) in [6.45, 7) is 7.73. The zero-order valence-electron chi connectivity index (χ0n) is 16.7. The lowest BCUT2D eigenvalue weighted by atomic mass is 9.83. The van der Waals surface area contributed by atoms with Crippen LogP contribution in [0.25, 0.3) is 11.1 Å². The molecule has 0 spiro atoms. The summed E-state index contributed by atoms with van der Waals surface area (Å²) in [6.07, 6.45) is 5.79. The molecule has 4 rings (SSSR count). The van der Waals surface area contributed by atoms with Gasteiger partial charge in [0.25, 0.3) is 5.91 Å². The summed E-state index contributed by atoms with van der Waals surface area (Å²) in [5.74, 6) is 0.868. The smallest absolute Gasteiger partial charge is 0.251 e. The molecule has 5 nitrogen and oxygen atoms in total. The Kier molecular flexibility index (Phi) is 4.46. The van der Waals surface area contributed by atoms with Crippen molar-refractivity contribution in [3.8, 4) is 16.9 Å². The first-order valence-electron chi connectivity index (χ1n) is 9.46. The summed E-state index contributed by atoms with van der Waals surface area (Å²) in [7, 11) is 1.72. The zero-order chi connectivity index (χ0) is 19.9. The molecule has 0 aromatic heterocycles. The third kappa shape index (κ3) is 3.17. The number of rotatable bonds is 3. The molecule has 5 heteroatoms. The van der Waals surface area contributed by atoms with E-state index in [-0.39, 0.29) is 11.3 Å². The highest BCUT2D eigenvalue weighted by Crippen LogP contribution is 2.43. The summed E-state index contributed by atoms with van der Waals surface area (Å²) in [5, 5.41) is 2.89. The van der Waals surface area contributed by atoms with Crippen LogP contribution in [0.2, 0.25) is 0 Å². The van der Waals surface area contributed by atoms with Crippen molar-refractivity contribution >= 4 is 17.8 Å². The molecule has 2 aromatic rings. The van der Waals surface area contributed by atoms with Crippen molar-refractivity contribution in [1.82, 2.24) is 5.32 Å². The van der Waals surface area contributed by atoms with Gasteiger partial charge in [0.15, 0.2) is 0 Å². The van der Waals surface area contributed by atoms with Crippen LogP contribution in [0.5, 0.6) is 5.75 Å². The second-order valence-corrected chi connectivity index (χ2v) is 8.16. The van der Waals surface area contributed by atoms with E-state index in [1.165, 1.54) is 0 Å². The van der Waals surface area contributed by atoms with Crippen molar-refractivity contribution in [3.63, 3.8) is 0 Å². The number of hydrogen-bond donors (Lipinski definition) is 1. The highest BCUT2D eigenvalue weighted by atomic mass is 16.5. The van der Waals surface area contributed by atoms with Crippen LogP contribution in [0.4, 0.5) is 5.69 Å². The fraction of sp³-hybridized carbons (Fsp3) is 0.304. The van der Waals surface area contributed by atoms with Crippen LogP contribution in [0.3, 0.4) is 0 Å². The molecule has 1 N–H and O–H groups in total. The highest BCUT2D eigenvalue weighted by molar-refractivity contribution is 5.99. The van der Waals surface area contributed by atoms with E-state index in [0.717, 1.165) is 39.3 Å². The topological polar surface area (TPSA) is 53.9 Å². The number of methoxy groups -OCH3 is 1. The summed E-state index contributed by atoms with van der Waals surface area (Å²) >= 11 is 0. The normalized spacial score (nSPS) is 15.6. The molecule has 28 heavy (non-hydrogen) atoms. The maximum atomic E-state index is 11.9. The Morgan fingerprint density at radius 3 is 2.64 bits per heavy atom. The zero-order valence-corrected chi connectivity index (χ0v) is 16.7. The van der Waals surface area contributed by atoms with Gasteiger partial charge in [-0.1, -0.05) is 26.8 Å². The van der Waals surface area contributed by atoms with Crippen LogP contribution in [0, 0.1) is 0 Å². The summed E-state index contributed by atoms with van der Waals surface area (Å²) < 4.78 is 5.89. The molecule has 2 aliphatic heterocycles. The average molecular weight is 375 g/mol. The monoisotopic (exact) mass is 375 g/mol. The Hall–Kier alpha value is -3.08. The third-order valence-corrected chi connectivity index (χ3v) is 5.21. The maximum Gasteiger partial charge on any atom is 0.251 e. The lowest BCUT2D eigenvalue weighted by Crippen LogP contribution is -2.20. The number of amides is 1. The number of anilines is 1. The van der Waals surface area contributed by atoms with Gasteiger partial charge in [-0.15, -0.1) is 0 Å². The number of carbonyl (C=O) groups excluding carboxylic acids is 1. The van der Waals surface area contributed by atoms with E-state index in [0.29, 0.717) is 13.2 Å². The minimum atomic E-state index is -0.0902. The fourth-order valence-electron chi connectivity index (χ4n) is 3.72. The number of benzene rings is 2. The predicted molar refractivity (Wildman–Crippen MR) is 113 cm³/mol. The molecular weight excluding hydrogens is 350 g/mol. The highest BCUT2D eigenvalue weighted by Gasteiger charge is 2.26. The van der Waals surface area contributed by atoms with Crippen molar-refractivity contribution in [2.75, 3.05) is 18.7 Å². The number of allylic oxidation sites excluding steroid dienone is 1. The Morgan fingerprint density at radius 1 is 1.14 bits per heavy atom. The van der Waals surface area contributed by atoms with Crippen LogP contribution < -0.4 is 15.0 Å². The van der Waals surface area contributed by atoms with Gasteiger partial charge in [-0.3, -0.25) is 9.79 Å². The molecule has 0 unspecified atom stereocenters. The lowest BCUT2D eigenvalue weighted by Gasteiger charge is -2.28. The van der Waals surface area contributed by atoms with Gasteiger partial charge in [0.2, 0.25) is 0 Å². The van der Waals surface area contributed by atoms with E-state index in [1.807, 2.05) is 30.6 Å². The second-order valence-electron chi connectivity index (χ2n) is 8.16. The third-order valence-electron chi connectivity index (χ3n) is 5.21. The lowest BCUT2D eigenvalue weighted by molar-refractivity contribution is 0.0966. The minimum Gasteiger partial charge on any atom is -0.496 e. The van der Waals surface area contributed by atoms with Crippen molar-refractivity contribution in [1.29, 1.82) is 0 Å². The van der Waals surface area contributed by atoms with Crippen LogP contribution in [-0.2, 0) is 12.0 Å². The van der Waals surface area contributed by atoms with Crippen molar-refractivity contribution in [2.24, 2.45) is 4.99 Å². The number of hydrogen-bond acceptors (Lipinski definition) is 4. The number of ether oxygens (including phenoxy) is 1. The molecule has 0 saturated heterocycles. The first-order chi connectivity index (χ1) is 13.4. The first kappa shape index (κ1) is 18.3.